The lowest BCUT2D eigenvalue weighted by molar-refractivity contribution is 1.70. The SMILES string of the molecule is c1ccc2c(c1)sc1ccc(-c3c4ccccc4c(-c4ccc5sc6c(ccc7c8ccccc8sc76)c5c4)c4ccccc34)cc12. The predicted molar refractivity (Wildman–Crippen MR) is 211 cm³/mol. The molecule has 0 fully saturated rings. The highest BCUT2D eigenvalue weighted by molar-refractivity contribution is 7.33. The first-order valence-corrected chi connectivity index (χ1v) is 18.4. The average Bonchev–Trinajstić information content (AvgIpc) is 3.81. The van der Waals surface area contributed by atoms with Gasteiger partial charge in [0.15, 0.2) is 0 Å². The molecule has 0 aliphatic heterocycles. The van der Waals surface area contributed by atoms with E-state index in [1.165, 1.54) is 104 Å². The van der Waals surface area contributed by atoms with Gasteiger partial charge in [0.25, 0.3) is 0 Å². The van der Waals surface area contributed by atoms with Crippen LogP contribution in [0.15, 0.2) is 146 Å². The Balaban J connectivity index is 1.19. The highest BCUT2D eigenvalue weighted by Crippen LogP contribution is 2.48. The third-order valence-corrected chi connectivity index (χ3v) is 13.6. The third kappa shape index (κ3) is 3.68. The van der Waals surface area contributed by atoms with Crippen LogP contribution in [0.2, 0.25) is 0 Å². The van der Waals surface area contributed by atoms with E-state index in [0.717, 1.165) is 0 Å². The Bertz CT molecular complexity index is 3020. The third-order valence-electron chi connectivity index (χ3n) is 9.87. The molecular weight excluding hydrogens is 625 g/mol. The zero-order valence-corrected chi connectivity index (χ0v) is 27.5. The molecule has 218 valence electrons. The molecule has 3 aromatic heterocycles. The minimum atomic E-state index is 1.27. The van der Waals surface area contributed by atoms with Crippen LogP contribution in [0, 0.1) is 0 Å². The quantitative estimate of drug-likeness (QED) is 0.164. The highest BCUT2D eigenvalue weighted by atomic mass is 32.1. The van der Waals surface area contributed by atoms with Gasteiger partial charge in [0, 0.05) is 51.1 Å². The number of rotatable bonds is 2. The maximum atomic E-state index is 2.45. The molecule has 0 N–H and O–H groups in total. The first kappa shape index (κ1) is 26.1. The number of thiophene rings is 3. The molecule has 47 heavy (non-hydrogen) atoms. The molecule has 11 aromatic rings. The molecule has 3 heterocycles. The summed E-state index contributed by atoms with van der Waals surface area (Å²) in [5.41, 5.74) is 5.16. The zero-order chi connectivity index (χ0) is 30.6. The van der Waals surface area contributed by atoms with E-state index in [-0.39, 0.29) is 0 Å². The molecule has 0 unspecified atom stereocenters. The van der Waals surface area contributed by atoms with Gasteiger partial charge in [0.1, 0.15) is 0 Å². The van der Waals surface area contributed by atoms with Crippen LogP contribution in [0.5, 0.6) is 0 Å². The topological polar surface area (TPSA) is 0 Å². The maximum Gasteiger partial charge on any atom is 0.0534 e. The van der Waals surface area contributed by atoms with Crippen molar-refractivity contribution in [3.05, 3.63) is 146 Å². The van der Waals surface area contributed by atoms with E-state index in [4.69, 9.17) is 0 Å². The summed E-state index contributed by atoms with van der Waals surface area (Å²) in [5.74, 6) is 0. The Morgan fingerprint density at radius 3 is 1.15 bits per heavy atom. The molecular formula is C44H24S3. The lowest BCUT2D eigenvalue weighted by Crippen LogP contribution is -1.90. The van der Waals surface area contributed by atoms with Gasteiger partial charge in [-0.1, -0.05) is 109 Å². The summed E-state index contributed by atoms with van der Waals surface area (Å²) < 4.78 is 8.19. The first-order valence-electron chi connectivity index (χ1n) is 15.9. The van der Waals surface area contributed by atoms with Gasteiger partial charge in [-0.25, -0.2) is 0 Å². The van der Waals surface area contributed by atoms with Crippen molar-refractivity contribution < 1.29 is 0 Å². The number of benzene rings is 8. The molecule has 0 aliphatic carbocycles. The molecule has 8 aromatic carbocycles. The molecule has 11 rings (SSSR count). The van der Waals surface area contributed by atoms with Crippen molar-refractivity contribution in [3.63, 3.8) is 0 Å². The Labute approximate surface area is 282 Å². The van der Waals surface area contributed by atoms with Gasteiger partial charge in [0.2, 0.25) is 0 Å². The predicted octanol–water partition coefficient (Wildman–Crippen LogP) is 14.4. The lowest BCUT2D eigenvalue weighted by atomic mass is 9.85. The van der Waals surface area contributed by atoms with Crippen molar-refractivity contribution in [1.82, 2.24) is 0 Å². The smallest absolute Gasteiger partial charge is 0.0534 e. The second kappa shape index (κ2) is 9.73. The van der Waals surface area contributed by atoms with Gasteiger partial charge in [-0.2, -0.15) is 0 Å². The fourth-order valence-corrected chi connectivity index (χ4v) is 11.4. The van der Waals surface area contributed by atoms with Crippen molar-refractivity contribution >= 4 is 116 Å². The van der Waals surface area contributed by atoms with Gasteiger partial charge in [0.05, 0.1) is 9.40 Å². The number of hydrogen-bond donors (Lipinski definition) is 0. The molecule has 3 heteroatoms. The molecule has 0 nitrogen and oxygen atoms in total. The number of fused-ring (bicyclic) bond motifs is 12. The van der Waals surface area contributed by atoms with Crippen LogP contribution in [0.3, 0.4) is 0 Å². The van der Waals surface area contributed by atoms with Crippen molar-refractivity contribution in [3.8, 4) is 22.3 Å². The van der Waals surface area contributed by atoms with Crippen molar-refractivity contribution in [2.75, 3.05) is 0 Å². The minimum absolute atomic E-state index is 1.27. The Hall–Kier alpha value is -5.06. The van der Waals surface area contributed by atoms with E-state index < -0.39 is 0 Å². The summed E-state index contributed by atoms with van der Waals surface area (Å²) in [7, 11) is 0. The van der Waals surface area contributed by atoms with Crippen LogP contribution < -0.4 is 0 Å². The van der Waals surface area contributed by atoms with E-state index in [2.05, 4.69) is 146 Å². The second-order valence-corrected chi connectivity index (χ2v) is 15.6. The van der Waals surface area contributed by atoms with E-state index in [1.807, 2.05) is 34.0 Å². The van der Waals surface area contributed by atoms with E-state index in [1.54, 1.807) is 0 Å². The van der Waals surface area contributed by atoms with Gasteiger partial charge < -0.3 is 0 Å². The van der Waals surface area contributed by atoms with Crippen LogP contribution in [0.4, 0.5) is 0 Å². The van der Waals surface area contributed by atoms with Gasteiger partial charge in [-0.05, 0) is 80.2 Å². The molecule has 0 spiro atoms. The second-order valence-electron chi connectivity index (χ2n) is 12.4. The van der Waals surface area contributed by atoms with Crippen LogP contribution in [0.25, 0.3) is 104 Å². The van der Waals surface area contributed by atoms with Crippen LogP contribution in [-0.2, 0) is 0 Å². The van der Waals surface area contributed by atoms with E-state index in [0.29, 0.717) is 0 Å². The Morgan fingerprint density at radius 1 is 0.255 bits per heavy atom. The molecule has 0 aliphatic rings. The molecule has 0 amide bonds. The largest absolute Gasteiger partial charge is 0.135 e. The summed E-state index contributed by atoms with van der Waals surface area (Å²) >= 11 is 5.73. The standard InChI is InChI=1S/C44H24S3/c1-3-13-31-29(11-1)41(25-17-21-39-35(23-25)28-10-6-7-15-37(28)45-39)30-12-2-4-14-32(30)42(31)26-18-22-40-36(24-26)34-20-19-33-27-9-5-8-16-38(27)46-43(33)44(34)47-40/h1-24H. The Morgan fingerprint density at radius 2 is 0.617 bits per heavy atom. The van der Waals surface area contributed by atoms with Crippen molar-refractivity contribution in [2.45, 2.75) is 0 Å². The van der Waals surface area contributed by atoms with Crippen LogP contribution in [-0.4, -0.2) is 0 Å². The fraction of sp³-hybridized carbons (Fsp3) is 0. The van der Waals surface area contributed by atoms with Crippen LogP contribution in [0.1, 0.15) is 0 Å². The van der Waals surface area contributed by atoms with E-state index in [9.17, 15) is 0 Å². The molecule has 0 saturated heterocycles. The fourth-order valence-electron chi connectivity index (χ4n) is 7.80. The summed E-state index contributed by atoms with van der Waals surface area (Å²) in [6, 6.07) is 54.5. The van der Waals surface area contributed by atoms with Crippen molar-refractivity contribution in [1.29, 1.82) is 0 Å². The maximum absolute atomic E-state index is 2.45. The van der Waals surface area contributed by atoms with Gasteiger partial charge >= 0.3 is 0 Å². The number of hydrogen-bond acceptors (Lipinski definition) is 3. The average molecular weight is 649 g/mol. The summed E-state index contributed by atoms with van der Waals surface area (Å²) in [6.45, 7) is 0. The lowest BCUT2D eigenvalue weighted by Gasteiger charge is -2.18. The molecule has 0 radical (unpaired) electrons. The van der Waals surface area contributed by atoms with Gasteiger partial charge in [-0.3, -0.25) is 0 Å². The monoisotopic (exact) mass is 648 g/mol. The highest BCUT2D eigenvalue weighted by Gasteiger charge is 2.19. The minimum Gasteiger partial charge on any atom is -0.135 e. The zero-order valence-electron chi connectivity index (χ0n) is 25.1. The normalized spacial score (nSPS) is 12.3. The molecule has 0 saturated carbocycles. The van der Waals surface area contributed by atoms with Gasteiger partial charge in [-0.15, -0.1) is 34.0 Å². The molecule has 0 atom stereocenters. The first-order chi connectivity index (χ1) is 23.3. The van der Waals surface area contributed by atoms with Crippen molar-refractivity contribution in [2.24, 2.45) is 0 Å². The molecule has 0 bridgehead atoms. The summed E-state index contributed by atoms with van der Waals surface area (Å²) in [4.78, 5) is 0. The summed E-state index contributed by atoms with van der Waals surface area (Å²) in [6.07, 6.45) is 0. The Kier molecular flexibility index (Phi) is 5.39. The van der Waals surface area contributed by atoms with E-state index >= 15 is 0 Å². The summed E-state index contributed by atoms with van der Waals surface area (Å²) in [5, 5.41) is 13.3. The van der Waals surface area contributed by atoms with Crippen LogP contribution >= 0.6 is 34.0 Å².